The van der Waals surface area contributed by atoms with Gasteiger partial charge in [0.05, 0.1) is 5.41 Å². The minimum atomic E-state index is -0.774. The molecule has 6 nitrogen and oxygen atoms in total. The van der Waals surface area contributed by atoms with Gasteiger partial charge in [-0.2, -0.15) is 0 Å². The fourth-order valence-corrected chi connectivity index (χ4v) is 2.37. The van der Waals surface area contributed by atoms with E-state index in [1.54, 1.807) is 32.0 Å². The van der Waals surface area contributed by atoms with Crippen molar-refractivity contribution in [2.45, 2.75) is 19.3 Å². The lowest BCUT2D eigenvalue weighted by molar-refractivity contribution is -0.126. The highest BCUT2D eigenvalue weighted by atomic mass is 16.7. The summed E-state index contributed by atoms with van der Waals surface area (Å²) in [6, 6.07) is 14.2. The lowest BCUT2D eigenvalue weighted by Gasteiger charge is -2.24. The van der Waals surface area contributed by atoms with Crippen LogP contribution in [0.5, 0.6) is 11.5 Å². The predicted molar refractivity (Wildman–Crippen MR) is 87.6 cm³/mol. The number of benzene rings is 2. The first-order valence-electron chi connectivity index (χ1n) is 7.54. The minimum absolute atomic E-state index is 0.141. The molecule has 2 aromatic rings. The third-order valence-corrected chi connectivity index (χ3v) is 3.99. The summed E-state index contributed by atoms with van der Waals surface area (Å²) in [5.41, 5.74) is 5.37. The van der Waals surface area contributed by atoms with Crippen LogP contribution < -0.4 is 20.3 Å². The van der Waals surface area contributed by atoms with Crippen LogP contribution in [0.4, 0.5) is 0 Å². The van der Waals surface area contributed by atoms with E-state index in [1.807, 2.05) is 30.3 Å². The van der Waals surface area contributed by atoms with Crippen molar-refractivity contribution in [3.63, 3.8) is 0 Å². The van der Waals surface area contributed by atoms with E-state index in [9.17, 15) is 9.59 Å². The molecule has 1 aliphatic heterocycles. The molecule has 0 spiro atoms. The summed E-state index contributed by atoms with van der Waals surface area (Å²) in [4.78, 5) is 24.6. The summed E-state index contributed by atoms with van der Waals surface area (Å²) >= 11 is 0. The fraction of sp³-hybridized carbons (Fsp3) is 0.222. The number of hydrogen-bond donors (Lipinski definition) is 2. The maximum Gasteiger partial charge on any atom is 0.269 e. The van der Waals surface area contributed by atoms with Crippen molar-refractivity contribution in [3.8, 4) is 11.5 Å². The Kier molecular flexibility index (Phi) is 4.12. The van der Waals surface area contributed by atoms with Gasteiger partial charge < -0.3 is 9.47 Å². The van der Waals surface area contributed by atoms with Crippen LogP contribution in [-0.4, -0.2) is 18.6 Å². The van der Waals surface area contributed by atoms with E-state index >= 15 is 0 Å². The van der Waals surface area contributed by atoms with E-state index in [4.69, 9.17) is 9.47 Å². The highest BCUT2D eigenvalue weighted by molar-refractivity contribution is 5.97. The van der Waals surface area contributed by atoms with Gasteiger partial charge in [0.15, 0.2) is 11.5 Å². The van der Waals surface area contributed by atoms with Crippen molar-refractivity contribution < 1.29 is 19.1 Å². The molecule has 1 aliphatic rings. The van der Waals surface area contributed by atoms with Crippen LogP contribution in [0, 0.1) is 0 Å². The van der Waals surface area contributed by atoms with Crippen molar-refractivity contribution in [1.82, 2.24) is 10.9 Å². The molecule has 0 radical (unpaired) electrons. The minimum Gasteiger partial charge on any atom is -0.454 e. The Balaban J connectivity index is 1.65. The maximum absolute atomic E-state index is 12.4. The van der Waals surface area contributed by atoms with E-state index in [0.717, 1.165) is 5.56 Å². The number of carbonyl (C=O) groups excluding carboxylic acids is 2. The Morgan fingerprint density at radius 3 is 2.42 bits per heavy atom. The zero-order valence-corrected chi connectivity index (χ0v) is 13.5. The van der Waals surface area contributed by atoms with E-state index < -0.39 is 11.3 Å². The standard InChI is InChI=1S/C18H18N2O4/c1-18(2,13-6-4-3-5-7-13)17(22)20-19-16(21)12-8-9-14-15(10-12)24-11-23-14/h3-10H,11H2,1-2H3,(H,19,21)(H,20,22). The van der Waals surface area contributed by atoms with Gasteiger partial charge in [-0.05, 0) is 37.6 Å². The Morgan fingerprint density at radius 2 is 1.67 bits per heavy atom. The second kappa shape index (κ2) is 6.23. The van der Waals surface area contributed by atoms with E-state index in [1.165, 1.54) is 0 Å². The van der Waals surface area contributed by atoms with Gasteiger partial charge in [-0.25, -0.2) is 0 Å². The summed E-state index contributed by atoms with van der Waals surface area (Å²) in [7, 11) is 0. The quantitative estimate of drug-likeness (QED) is 0.848. The van der Waals surface area contributed by atoms with Gasteiger partial charge in [-0.1, -0.05) is 30.3 Å². The van der Waals surface area contributed by atoms with Crippen molar-refractivity contribution in [2.24, 2.45) is 0 Å². The van der Waals surface area contributed by atoms with E-state index in [2.05, 4.69) is 10.9 Å². The molecule has 0 aliphatic carbocycles. The molecule has 0 atom stereocenters. The molecule has 124 valence electrons. The summed E-state index contributed by atoms with van der Waals surface area (Å²) in [6.45, 7) is 3.73. The molecular weight excluding hydrogens is 308 g/mol. The van der Waals surface area contributed by atoms with Crippen molar-refractivity contribution >= 4 is 11.8 Å². The second-order valence-electron chi connectivity index (χ2n) is 5.97. The van der Waals surface area contributed by atoms with Crippen LogP contribution in [0.1, 0.15) is 29.8 Å². The van der Waals surface area contributed by atoms with Crippen LogP contribution in [-0.2, 0) is 10.2 Å². The third kappa shape index (κ3) is 3.03. The molecule has 0 aromatic heterocycles. The zero-order chi connectivity index (χ0) is 17.2. The first-order chi connectivity index (χ1) is 11.5. The number of ether oxygens (including phenoxy) is 2. The molecule has 0 saturated heterocycles. The fourth-order valence-electron chi connectivity index (χ4n) is 2.37. The molecule has 3 rings (SSSR count). The molecule has 2 aromatic carbocycles. The predicted octanol–water partition coefficient (Wildman–Crippen LogP) is 2.15. The van der Waals surface area contributed by atoms with Crippen LogP contribution >= 0.6 is 0 Å². The van der Waals surface area contributed by atoms with Crippen molar-refractivity contribution in [1.29, 1.82) is 0 Å². The van der Waals surface area contributed by atoms with Gasteiger partial charge in [-0.3, -0.25) is 20.4 Å². The highest BCUT2D eigenvalue weighted by Gasteiger charge is 2.30. The zero-order valence-electron chi connectivity index (χ0n) is 13.5. The first-order valence-corrected chi connectivity index (χ1v) is 7.54. The summed E-state index contributed by atoms with van der Waals surface area (Å²) in [5, 5.41) is 0. The highest BCUT2D eigenvalue weighted by Crippen LogP contribution is 2.32. The third-order valence-electron chi connectivity index (χ3n) is 3.99. The van der Waals surface area contributed by atoms with Gasteiger partial charge in [0.2, 0.25) is 12.7 Å². The summed E-state index contributed by atoms with van der Waals surface area (Å²) in [6.07, 6.45) is 0. The van der Waals surface area contributed by atoms with Crippen LogP contribution in [0.3, 0.4) is 0 Å². The second-order valence-corrected chi connectivity index (χ2v) is 5.97. The van der Waals surface area contributed by atoms with Gasteiger partial charge in [0, 0.05) is 5.56 Å². The number of amides is 2. The average molecular weight is 326 g/mol. The van der Waals surface area contributed by atoms with Crippen molar-refractivity contribution in [2.75, 3.05) is 6.79 Å². The smallest absolute Gasteiger partial charge is 0.269 e. The van der Waals surface area contributed by atoms with Crippen LogP contribution in [0.25, 0.3) is 0 Å². The van der Waals surface area contributed by atoms with Crippen LogP contribution in [0.2, 0.25) is 0 Å². The molecule has 0 bridgehead atoms. The van der Waals surface area contributed by atoms with Crippen LogP contribution in [0.15, 0.2) is 48.5 Å². The number of hydrogen-bond acceptors (Lipinski definition) is 4. The molecule has 0 fully saturated rings. The Morgan fingerprint density at radius 1 is 0.958 bits per heavy atom. The monoisotopic (exact) mass is 326 g/mol. The first kappa shape index (κ1) is 15.9. The molecule has 1 heterocycles. The van der Waals surface area contributed by atoms with E-state index in [0.29, 0.717) is 17.1 Å². The number of fused-ring (bicyclic) bond motifs is 1. The number of hydrazine groups is 1. The normalized spacial score (nSPS) is 12.6. The Labute approximate surface area is 139 Å². The number of carbonyl (C=O) groups is 2. The van der Waals surface area contributed by atoms with Gasteiger partial charge in [-0.15, -0.1) is 0 Å². The molecule has 0 unspecified atom stereocenters. The van der Waals surface area contributed by atoms with E-state index in [-0.39, 0.29) is 12.7 Å². The number of rotatable bonds is 3. The molecule has 2 amide bonds. The lowest BCUT2D eigenvalue weighted by atomic mass is 9.84. The molecule has 6 heteroatoms. The molecule has 24 heavy (non-hydrogen) atoms. The largest absolute Gasteiger partial charge is 0.454 e. The number of nitrogens with one attached hydrogen (secondary N) is 2. The van der Waals surface area contributed by atoms with Crippen molar-refractivity contribution in [3.05, 3.63) is 59.7 Å². The average Bonchev–Trinajstić information content (AvgIpc) is 3.07. The Bertz CT molecular complexity index is 772. The van der Waals surface area contributed by atoms with Gasteiger partial charge >= 0.3 is 0 Å². The topological polar surface area (TPSA) is 76.7 Å². The maximum atomic E-state index is 12.4. The molecule has 2 N–H and O–H groups in total. The Hall–Kier alpha value is -3.02. The lowest BCUT2D eigenvalue weighted by Crippen LogP contribution is -2.49. The molecular formula is C18H18N2O4. The SMILES string of the molecule is CC(C)(C(=O)NNC(=O)c1ccc2c(c1)OCO2)c1ccccc1. The van der Waals surface area contributed by atoms with Gasteiger partial charge in [0.25, 0.3) is 5.91 Å². The molecule has 0 saturated carbocycles. The summed E-state index contributed by atoms with van der Waals surface area (Å²) < 4.78 is 10.4. The van der Waals surface area contributed by atoms with Gasteiger partial charge in [0.1, 0.15) is 0 Å². The summed E-state index contributed by atoms with van der Waals surface area (Å²) in [5.74, 6) is 0.382.